The zero-order chi connectivity index (χ0) is 18.7. The first-order chi connectivity index (χ1) is 12.5. The normalized spacial score (nSPS) is 10.6. The van der Waals surface area contributed by atoms with Gasteiger partial charge in [0.2, 0.25) is 0 Å². The molecule has 0 aliphatic heterocycles. The zero-order valence-corrected chi connectivity index (χ0v) is 15.2. The number of halogens is 1. The van der Waals surface area contributed by atoms with Crippen molar-refractivity contribution in [3.63, 3.8) is 0 Å². The average Bonchev–Trinajstić information content (AvgIpc) is 2.85. The minimum absolute atomic E-state index is 0.244. The van der Waals surface area contributed by atoms with Crippen molar-refractivity contribution in [3.05, 3.63) is 81.2 Å². The fourth-order valence-corrected chi connectivity index (χ4v) is 2.89. The number of para-hydroxylation sites is 1. The third-order valence-electron chi connectivity index (χ3n) is 4.19. The van der Waals surface area contributed by atoms with Crippen molar-refractivity contribution in [3.8, 4) is 5.69 Å². The predicted molar refractivity (Wildman–Crippen MR) is 103 cm³/mol. The molecule has 6 nitrogen and oxygen atoms in total. The van der Waals surface area contributed by atoms with E-state index < -0.39 is 6.03 Å². The molecule has 1 heterocycles. The third-order valence-corrected chi connectivity index (χ3v) is 4.56. The summed E-state index contributed by atoms with van der Waals surface area (Å²) in [6, 6.07) is 16.1. The van der Waals surface area contributed by atoms with Gasteiger partial charge in [-0.1, -0.05) is 48.0 Å². The molecule has 0 fully saturated rings. The highest BCUT2D eigenvalue weighted by Crippen LogP contribution is 2.15. The highest BCUT2D eigenvalue weighted by Gasteiger charge is 2.17. The highest BCUT2D eigenvalue weighted by molar-refractivity contribution is 6.31. The molecule has 2 aromatic carbocycles. The lowest BCUT2D eigenvalue weighted by molar-refractivity contribution is 0.251. The van der Waals surface area contributed by atoms with Crippen molar-refractivity contribution >= 4 is 23.3 Å². The van der Waals surface area contributed by atoms with Crippen LogP contribution in [-0.4, -0.2) is 15.4 Å². The summed E-state index contributed by atoms with van der Waals surface area (Å²) in [5.41, 5.74) is 2.15. The number of nitrogens with zero attached hydrogens (tertiary/aromatic N) is 2. The molecule has 0 spiro atoms. The lowest BCUT2D eigenvalue weighted by atomic mass is 10.2. The molecule has 134 valence electrons. The maximum atomic E-state index is 12.8. The molecule has 2 N–H and O–H groups in total. The van der Waals surface area contributed by atoms with Crippen molar-refractivity contribution in [2.45, 2.75) is 13.5 Å². The Kier molecular flexibility index (Phi) is 5.14. The Morgan fingerprint density at radius 2 is 1.73 bits per heavy atom. The maximum absolute atomic E-state index is 12.8. The second-order valence-electron chi connectivity index (χ2n) is 5.84. The van der Waals surface area contributed by atoms with Crippen LogP contribution in [0, 0.1) is 6.92 Å². The zero-order valence-electron chi connectivity index (χ0n) is 14.5. The Hall–Kier alpha value is -2.99. The largest absolute Gasteiger partial charge is 0.334 e. The fraction of sp³-hybridized carbons (Fsp3) is 0.158. The Morgan fingerprint density at radius 1 is 1.08 bits per heavy atom. The minimum Gasteiger partial charge on any atom is -0.334 e. The standard InChI is InChI=1S/C19H19ClN4O2/c1-13-17(18(25)24(23(13)2)15-9-4-3-5-10-15)22-19(26)21-12-14-8-6-7-11-16(14)20/h3-11H,12H2,1-2H3,(H2,21,22,26). The predicted octanol–water partition coefficient (Wildman–Crippen LogP) is 3.46. The molecule has 0 unspecified atom stereocenters. The molecule has 0 saturated carbocycles. The van der Waals surface area contributed by atoms with Crippen molar-refractivity contribution in [2.75, 3.05) is 5.32 Å². The number of carbonyl (C=O) groups is 1. The lowest BCUT2D eigenvalue weighted by Crippen LogP contribution is -2.31. The smallest absolute Gasteiger partial charge is 0.319 e. The summed E-state index contributed by atoms with van der Waals surface area (Å²) < 4.78 is 3.22. The summed E-state index contributed by atoms with van der Waals surface area (Å²) in [5, 5.41) is 5.95. The van der Waals surface area contributed by atoms with Crippen LogP contribution in [0.2, 0.25) is 5.02 Å². The summed E-state index contributed by atoms with van der Waals surface area (Å²) in [5.74, 6) is 0. The molecule has 0 aliphatic carbocycles. The number of benzene rings is 2. The van der Waals surface area contributed by atoms with Crippen LogP contribution in [0.3, 0.4) is 0 Å². The van der Waals surface area contributed by atoms with E-state index in [1.54, 1.807) is 24.7 Å². The summed E-state index contributed by atoms with van der Waals surface area (Å²) in [6.07, 6.45) is 0. The first-order valence-electron chi connectivity index (χ1n) is 8.11. The van der Waals surface area contributed by atoms with Gasteiger partial charge < -0.3 is 10.6 Å². The molecule has 0 aliphatic rings. The molecule has 0 bridgehead atoms. The van der Waals surface area contributed by atoms with Crippen LogP contribution in [0.15, 0.2) is 59.4 Å². The molecular weight excluding hydrogens is 352 g/mol. The Bertz CT molecular complexity index is 993. The van der Waals surface area contributed by atoms with Crippen molar-refractivity contribution in [1.82, 2.24) is 14.7 Å². The van der Waals surface area contributed by atoms with Gasteiger partial charge in [0.05, 0.1) is 11.4 Å². The number of amides is 2. The van der Waals surface area contributed by atoms with Crippen LogP contribution in [0.1, 0.15) is 11.3 Å². The van der Waals surface area contributed by atoms with E-state index in [-0.39, 0.29) is 17.8 Å². The van der Waals surface area contributed by atoms with E-state index in [9.17, 15) is 9.59 Å². The number of hydrogen-bond donors (Lipinski definition) is 2. The minimum atomic E-state index is -0.462. The molecule has 1 aromatic heterocycles. The quantitative estimate of drug-likeness (QED) is 0.738. The lowest BCUT2D eigenvalue weighted by Gasteiger charge is -2.08. The van der Waals surface area contributed by atoms with Gasteiger partial charge in [-0.3, -0.25) is 9.48 Å². The molecule has 7 heteroatoms. The van der Waals surface area contributed by atoms with Gasteiger partial charge in [-0.05, 0) is 30.7 Å². The van der Waals surface area contributed by atoms with Gasteiger partial charge in [0.25, 0.3) is 5.56 Å². The molecule has 0 atom stereocenters. The van der Waals surface area contributed by atoms with Gasteiger partial charge in [-0.25, -0.2) is 9.48 Å². The van der Waals surface area contributed by atoms with E-state index in [1.807, 2.05) is 48.5 Å². The van der Waals surface area contributed by atoms with Gasteiger partial charge in [-0.2, -0.15) is 0 Å². The summed E-state index contributed by atoms with van der Waals surface area (Å²) >= 11 is 6.08. The van der Waals surface area contributed by atoms with Gasteiger partial charge in [-0.15, -0.1) is 0 Å². The highest BCUT2D eigenvalue weighted by atomic mass is 35.5. The fourth-order valence-electron chi connectivity index (χ4n) is 2.69. The number of nitrogens with one attached hydrogen (secondary N) is 2. The number of urea groups is 1. The van der Waals surface area contributed by atoms with Crippen molar-refractivity contribution in [2.24, 2.45) is 7.05 Å². The first-order valence-corrected chi connectivity index (χ1v) is 8.49. The first kappa shape index (κ1) is 17.8. The van der Waals surface area contributed by atoms with Crippen LogP contribution in [0.25, 0.3) is 5.69 Å². The van der Waals surface area contributed by atoms with Crippen LogP contribution < -0.4 is 16.2 Å². The number of anilines is 1. The molecule has 3 rings (SSSR count). The van der Waals surface area contributed by atoms with E-state index in [0.717, 1.165) is 11.3 Å². The van der Waals surface area contributed by atoms with Gasteiger partial charge >= 0.3 is 6.03 Å². The second-order valence-corrected chi connectivity index (χ2v) is 6.24. The van der Waals surface area contributed by atoms with Gasteiger partial charge in [0.15, 0.2) is 0 Å². The number of aromatic nitrogens is 2. The van der Waals surface area contributed by atoms with E-state index in [4.69, 9.17) is 11.6 Å². The van der Waals surface area contributed by atoms with Crippen LogP contribution in [0.4, 0.5) is 10.5 Å². The summed E-state index contributed by atoms with van der Waals surface area (Å²) in [4.78, 5) is 25.0. The number of carbonyl (C=O) groups excluding carboxylic acids is 1. The SMILES string of the molecule is Cc1c(NC(=O)NCc2ccccc2Cl)c(=O)n(-c2ccccc2)n1C. The van der Waals surface area contributed by atoms with E-state index in [0.29, 0.717) is 10.7 Å². The Labute approximate surface area is 156 Å². The van der Waals surface area contributed by atoms with E-state index in [2.05, 4.69) is 10.6 Å². The summed E-state index contributed by atoms with van der Waals surface area (Å²) in [7, 11) is 1.77. The molecular formula is C19H19ClN4O2. The topological polar surface area (TPSA) is 68.1 Å². The second kappa shape index (κ2) is 7.49. The molecule has 2 amide bonds. The maximum Gasteiger partial charge on any atom is 0.319 e. The Morgan fingerprint density at radius 3 is 2.42 bits per heavy atom. The number of rotatable bonds is 4. The van der Waals surface area contributed by atoms with E-state index in [1.165, 1.54) is 4.68 Å². The Balaban J connectivity index is 1.79. The molecule has 3 aromatic rings. The van der Waals surface area contributed by atoms with Crippen LogP contribution in [-0.2, 0) is 13.6 Å². The van der Waals surface area contributed by atoms with Crippen LogP contribution in [0.5, 0.6) is 0 Å². The van der Waals surface area contributed by atoms with Gasteiger partial charge in [0.1, 0.15) is 5.69 Å². The number of hydrogen-bond acceptors (Lipinski definition) is 2. The third kappa shape index (κ3) is 3.50. The van der Waals surface area contributed by atoms with Crippen LogP contribution >= 0.6 is 11.6 Å². The van der Waals surface area contributed by atoms with Crippen molar-refractivity contribution in [1.29, 1.82) is 0 Å². The monoisotopic (exact) mass is 370 g/mol. The summed E-state index contributed by atoms with van der Waals surface area (Å²) in [6.45, 7) is 2.05. The van der Waals surface area contributed by atoms with Crippen molar-refractivity contribution < 1.29 is 4.79 Å². The molecule has 0 radical (unpaired) electrons. The molecule has 26 heavy (non-hydrogen) atoms. The molecule has 0 saturated heterocycles. The van der Waals surface area contributed by atoms with E-state index >= 15 is 0 Å². The average molecular weight is 371 g/mol. The van der Waals surface area contributed by atoms with Gasteiger partial charge in [0, 0.05) is 18.6 Å².